The highest BCUT2D eigenvalue weighted by Gasteiger charge is 2.34. The second-order valence-electron chi connectivity index (χ2n) is 6.53. The highest BCUT2D eigenvalue weighted by molar-refractivity contribution is 7.99. The molecular formula is C21H20ClN5OS. The lowest BCUT2D eigenvalue weighted by molar-refractivity contribution is -0.113. The van der Waals surface area contributed by atoms with Gasteiger partial charge in [0.2, 0.25) is 11.1 Å². The van der Waals surface area contributed by atoms with Crippen LogP contribution in [0.5, 0.6) is 0 Å². The van der Waals surface area contributed by atoms with Crippen LogP contribution in [0.1, 0.15) is 25.5 Å². The van der Waals surface area contributed by atoms with Gasteiger partial charge in [0.15, 0.2) is 0 Å². The fraction of sp³-hybridized carbons (Fsp3) is 0.190. The van der Waals surface area contributed by atoms with Crippen LogP contribution in [0.2, 0.25) is 5.02 Å². The molecule has 0 saturated heterocycles. The number of hydrogen-bond donors (Lipinski definition) is 2. The van der Waals surface area contributed by atoms with Crippen LogP contribution in [0.4, 0.5) is 11.6 Å². The quantitative estimate of drug-likeness (QED) is 0.564. The molecule has 0 fully saturated rings. The second kappa shape index (κ2) is 8.31. The van der Waals surface area contributed by atoms with Crippen LogP contribution in [0.25, 0.3) is 0 Å². The summed E-state index contributed by atoms with van der Waals surface area (Å²) in [6, 6.07) is 16.5. The average molecular weight is 426 g/mol. The zero-order valence-electron chi connectivity index (χ0n) is 16.0. The Morgan fingerprint density at radius 1 is 1.21 bits per heavy atom. The number of rotatable bonds is 5. The highest BCUT2D eigenvalue weighted by atomic mass is 35.5. The van der Waals surface area contributed by atoms with E-state index in [9.17, 15) is 4.79 Å². The fourth-order valence-corrected chi connectivity index (χ4v) is 3.97. The molecule has 1 aliphatic heterocycles. The molecule has 8 heteroatoms. The van der Waals surface area contributed by atoms with Crippen molar-refractivity contribution in [1.29, 1.82) is 0 Å². The van der Waals surface area contributed by atoms with E-state index in [2.05, 4.69) is 27.6 Å². The molecule has 1 aromatic heterocycles. The maximum absolute atomic E-state index is 13.3. The van der Waals surface area contributed by atoms with E-state index < -0.39 is 6.04 Å². The molecule has 0 radical (unpaired) electrons. The minimum atomic E-state index is -0.411. The standard InChI is InChI=1S/C21H20ClN5OS/c1-3-29-21-25-20-23-13(2)17(19(28)24-16-7-5-4-6-8-16)18(27(20)26-21)14-9-11-15(22)12-10-14/h4-12,18H,3H2,1-2H3,(H,24,28)(H,23,25,26)/t18-/m1/s1. The Morgan fingerprint density at radius 2 is 1.93 bits per heavy atom. The molecule has 3 aromatic rings. The SMILES string of the molecule is CCSc1nc2n(n1)[C@H](c1ccc(Cl)cc1)C(C(=O)Nc1ccccc1)=C(C)N2. The van der Waals surface area contributed by atoms with Gasteiger partial charge < -0.3 is 10.6 Å². The largest absolute Gasteiger partial charge is 0.328 e. The number of nitrogens with zero attached hydrogens (tertiary/aromatic N) is 3. The van der Waals surface area contributed by atoms with E-state index in [4.69, 9.17) is 11.6 Å². The first kappa shape index (κ1) is 19.5. The van der Waals surface area contributed by atoms with Crippen LogP contribution in [-0.2, 0) is 4.79 Å². The Labute approximate surface area is 178 Å². The Kier molecular flexibility index (Phi) is 5.60. The Bertz CT molecular complexity index is 1060. The van der Waals surface area contributed by atoms with Crippen molar-refractivity contribution in [2.45, 2.75) is 25.0 Å². The Hall–Kier alpha value is -2.77. The molecule has 148 valence electrons. The number of fused-ring (bicyclic) bond motifs is 1. The van der Waals surface area contributed by atoms with Gasteiger partial charge in [0.1, 0.15) is 6.04 Å². The number of benzene rings is 2. The normalized spacial score (nSPS) is 15.6. The predicted molar refractivity (Wildman–Crippen MR) is 117 cm³/mol. The molecule has 2 heterocycles. The number of thioether (sulfide) groups is 1. The summed E-state index contributed by atoms with van der Waals surface area (Å²) in [4.78, 5) is 17.8. The van der Waals surface area contributed by atoms with Gasteiger partial charge in [0.25, 0.3) is 5.91 Å². The van der Waals surface area contributed by atoms with E-state index in [1.807, 2.05) is 61.5 Å². The topological polar surface area (TPSA) is 71.8 Å². The van der Waals surface area contributed by atoms with Crippen LogP contribution in [0.3, 0.4) is 0 Å². The third-order valence-corrected chi connectivity index (χ3v) is 5.54. The van der Waals surface area contributed by atoms with Crippen molar-refractivity contribution in [3.05, 3.63) is 76.5 Å². The summed E-state index contributed by atoms with van der Waals surface area (Å²) in [5, 5.41) is 12.2. The zero-order chi connectivity index (χ0) is 20.4. The molecule has 2 aromatic carbocycles. The number of allylic oxidation sites excluding steroid dienone is 1. The van der Waals surface area contributed by atoms with Crippen molar-refractivity contribution in [3.8, 4) is 0 Å². The first-order chi connectivity index (χ1) is 14.1. The van der Waals surface area contributed by atoms with E-state index >= 15 is 0 Å². The summed E-state index contributed by atoms with van der Waals surface area (Å²) in [6.07, 6.45) is 0. The number of halogens is 1. The number of hydrogen-bond acceptors (Lipinski definition) is 5. The predicted octanol–water partition coefficient (Wildman–Crippen LogP) is 4.97. The first-order valence-corrected chi connectivity index (χ1v) is 10.6. The molecule has 0 spiro atoms. The highest BCUT2D eigenvalue weighted by Crippen LogP contribution is 2.37. The first-order valence-electron chi connectivity index (χ1n) is 9.26. The molecule has 29 heavy (non-hydrogen) atoms. The maximum Gasteiger partial charge on any atom is 0.255 e. The summed E-state index contributed by atoms with van der Waals surface area (Å²) in [6.45, 7) is 3.94. The van der Waals surface area contributed by atoms with E-state index in [1.54, 1.807) is 16.4 Å². The summed E-state index contributed by atoms with van der Waals surface area (Å²) in [5.41, 5.74) is 2.97. The minimum Gasteiger partial charge on any atom is -0.328 e. The number of nitrogens with one attached hydrogen (secondary N) is 2. The Balaban J connectivity index is 1.78. The molecule has 4 rings (SSSR count). The molecule has 1 amide bonds. The van der Waals surface area contributed by atoms with Gasteiger partial charge in [-0.2, -0.15) is 4.98 Å². The lowest BCUT2D eigenvalue weighted by Crippen LogP contribution is -2.31. The van der Waals surface area contributed by atoms with Crippen molar-refractivity contribution in [2.24, 2.45) is 0 Å². The van der Waals surface area contributed by atoms with Gasteiger partial charge in [0.05, 0.1) is 5.57 Å². The lowest BCUT2D eigenvalue weighted by Gasteiger charge is -2.28. The van der Waals surface area contributed by atoms with E-state index in [1.165, 1.54) is 0 Å². The summed E-state index contributed by atoms with van der Waals surface area (Å²) in [7, 11) is 0. The van der Waals surface area contributed by atoms with E-state index in [0.29, 0.717) is 21.7 Å². The van der Waals surface area contributed by atoms with Crippen LogP contribution in [0.15, 0.2) is 71.0 Å². The van der Waals surface area contributed by atoms with Crippen molar-refractivity contribution >= 4 is 40.9 Å². The van der Waals surface area contributed by atoms with Crippen molar-refractivity contribution in [2.75, 3.05) is 16.4 Å². The summed E-state index contributed by atoms with van der Waals surface area (Å²) >= 11 is 7.65. The van der Waals surface area contributed by atoms with Crippen LogP contribution < -0.4 is 10.6 Å². The summed E-state index contributed by atoms with van der Waals surface area (Å²) < 4.78 is 1.77. The third kappa shape index (κ3) is 4.02. The molecule has 1 aliphatic rings. The molecule has 6 nitrogen and oxygen atoms in total. The van der Waals surface area contributed by atoms with Crippen molar-refractivity contribution in [3.63, 3.8) is 0 Å². The molecule has 2 N–H and O–H groups in total. The van der Waals surface area contributed by atoms with Crippen molar-refractivity contribution < 1.29 is 4.79 Å². The number of carbonyl (C=O) groups is 1. The van der Waals surface area contributed by atoms with Gasteiger partial charge in [-0.25, -0.2) is 4.68 Å². The van der Waals surface area contributed by atoms with Gasteiger partial charge >= 0.3 is 0 Å². The van der Waals surface area contributed by atoms with E-state index in [-0.39, 0.29) is 5.91 Å². The molecule has 0 aliphatic carbocycles. The Morgan fingerprint density at radius 3 is 2.62 bits per heavy atom. The maximum atomic E-state index is 13.3. The fourth-order valence-electron chi connectivity index (χ4n) is 3.29. The third-order valence-electron chi connectivity index (χ3n) is 4.57. The number of carbonyl (C=O) groups excluding carboxylic acids is 1. The van der Waals surface area contributed by atoms with Crippen LogP contribution >= 0.6 is 23.4 Å². The molecular weight excluding hydrogens is 406 g/mol. The summed E-state index contributed by atoms with van der Waals surface area (Å²) in [5.74, 6) is 1.30. The van der Waals surface area contributed by atoms with Gasteiger partial charge in [-0.15, -0.1) is 5.10 Å². The monoisotopic (exact) mass is 425 g/mol. The molecule has 0 bridgehead atoms. The van der Waals surface area contributed by atoms with Gasteiger partial charge in [-0.1, -0.05) is 60.6 Å². The molecule has 0 saturated carbocycles. The lowest BCUT2D eigenvalue weighted by atomic mass is 9.95. The number of aromatic nitrogens is 3. The van der Waals surface area contributed by atoms with Gasteiger partial charge in [-0.3, -0.25) is 4.79 Å². The second-order valence-corrected chi connectivity index (χ2v) is 8.20. The van der Waals surface area contributed by atoms with Gasteiger partial charge in [-0.05, 0) is 42.5 Å². The smallest absolute Gasteiger partial charge is 0.255 e. The van der Waals surface area contributed by atoms with Crippen LogP contribution in [0, 0.1) is 0 Å². The van der Waals surface area contributed by atoms with Crippen molar-refractivity contribution in [1.82, 2.24) is 14.8 Å². The number of anilines is 2. The minimum absolute atomic E-state index is 0.188. The van der Waals surface area contributed by atoms with Gasteiger partial charge in [0, 0.05) is 16.4 Å². The average Bonchev–Trinajstić information content (AvgIpc) is 3.10. The molecule has 0 unspecified atom stereocenters. The van der Waals surface area contributed by atoms with E-state index in [0.717, 1.165) is 22.7 Å². The zero-order valence-corrected chi connectivity index (χ0v) is 17.6. The number of para-hydroxylation sites is 1. The molecule has 1 atom stereocenters. The van der Waals surface area contributed by atoms with Crippen LogP contribution in [-0.4, -0.2) is 26.4 Å². The number of amides is 1.